The predicted octanol–water partition coefficient (Wildman–Crippen LogP) is 4.05. The van der Waals surface area contributed by atoms with E-state index in [4.69, 9.17) is 17.0 Å². The molecule has 0 unspecified atom stereocenters. The van der Waals surface area contributed by atoms with Crippen LogP contribution in [-0.4, -0.2) is 46.6 Å². The number of carbonyl (C=O) groups is 3. The maximum atomic E-state index is 13.4. The highest BCUT2D eigenvalue weighted by Crippen LogP contribution is 2.44. The Kier molecular flexibility index (Phi) is 6.80. The molecule has 1 fully saturated rings. The minimum absolute atomic E-state index is 0.179. The van der Waals surface area contributed by atoms with Crippen molar-refractivity contribution >= 4 is 63.0 Å². The molecule has 0 aliphatic carbocycles. The number of nitrogens with one attached hydrogen (secondary N) is 1. The van der Waals surface area contributed by atoms with Crippen LogP contribution in [0.1, 0.15) is 25.8 Å². The highest BCUT2D eigenvalue weighted by molar-refractivity contribution is 8.26. The van der Waals surface area contributed by atoms with Crippen molar-refractivity contribution in [2.75, 3.05) is 29.9 Å². The lowest BCUT2D eigenvalue weighted by Gasteiger charge is -2.17. The second-order valence-electron chi connectivity index (χ2n) is 7.44. The Bertz CT molecular complexity index is 1160. The molecule has 0 atom stereocenters. The van der Waals surface area contributed by atoms with Crippen LogP contribution in [0, 0.1) is 0 Å². The van der Waals surface area contributed by atoms with E-state index in [0.717, 1.165) is 18.2 Å². The molecule has 0 spiro atoms. The van der Waals surface area contributed by atoms with Gasteiger partial charge in [-0.3, -0.25) is 24.2 Å². The first-order chi connectivity index (χ1) is 15.9. The molecule has 1 saturated heterocycles. The SMILES string of the molecule is CCCN1C(=O)/C(=C2/C(=O)N(CC(=O)Nc3ccc(OCC)cc3)c3ccccc32)SC1=S. The molecule has 2 aliphatic heterocycles. The molecule has 0 radical (unpaired) electrons. The van der Waals surface area contributed by atoms with Crippen molar-refractivity contribution in [1.82, 2.24) is 4.90 Å². The lowest BCUT2D eigenvalue weighted by molar-refractivity contribution is -0.122. The van der Waals surface area contributed by atoms with Crippen LogP contribution in [0.2, 0.25) is 0 Å². The molecular weight excluding hydrogens is 458 g/mol. The molecule has 0 saturated carbocycles. The van der Waals surface area contributed by atoms with Crippen molar-refractivity contribution in [1.29, 1.82) is 0 Å². The number of nitrogens with zero attached hydrogens (tertiary/aromatic N) is 2. The van der Waals surface area contributed by atoms with E-state index in [-0.39, 0.29) is 24.3 Å². The Morgan fingerprint density at radius 1 is 1.03 bits per heavy atom. The van der Waals surface area contributed by atoms with E-state index in [1.165, 1.54) is 9.80 Å². The van der Waals surface area contributed by atoms with Gasteiger partial charge in [0.15, 0.2) is 0 Å². The molecule has 2 aromatic carbocycles. The van der Waals surface area contributed by atoms with Crippen LogP contribution in [0.4, 0.5) is 11.4 Å². The quantitative estimate of drug-likeness (QED) is 0.475. The molecule has 2 aromatic rings. The normalized spacial score (nSPS) is 17.6. The van der Waals surface area contributed by atoms with E-state index in [1.54, 1.807) is 42.5 Å². The van der Waals surface area contributed by atoms with Gasteiger partial charge in [0, 0.05) is 17.8 Å². The summed E-state index contributed by atoms with van der Waals surface area (Å²) in [6.45, 7) is 4.75. The molecule has 3 amide bonds. The van der Waals surface area contributed by atoms with Gasteiger partial charge in [0.1, 0.15) is 16.6 Å². The highest BCUT2D eigenvalue weighted by atomic mass is 32.2. The second-order valence-corrected chi connectivity index (χ2v) is 9.09. The summed E-state index contributed by atoms with van der Waals surface area (Å²) in [7, 11) is 0. The maximum Gasteiger partial charge on any atom is 0.267 e. The standard InChI is InChI=1S/C24H23N3O4S2/c1-3-13-26-23(30)21(33-24(26)32)20-17-7-5-6-8-18(17)27(22(20)29)14-19(28)25-15-9-11-16(12-10-15)31-4-2/h5-12H,3-4,13-14H2,1-2H3,(H,25,28)/b21-20-. The summed E-state index contributed by atoms with van der Waals surface area (Å²) < 4.78 is 5.86. The van der Waals surface area contributed by atoms with Gasteiger partial charge in [-0.25, -0.2) is 0 Å². The van der Waals surface area contributed by atoms with E-state index in [9.17, 15) is 14.4 Å². The Labute approximate surface area is 201 Å². The topological polar surface area (TPSA) is 79.0 Å². The number of thioether (sulfide) groups is 1. The smallest absolute Gasteiger partial charge is 0.267 e. The van der Waals surface area contributed by atoms with Gasteiger partial charge in [-0.15, -0.1) is 0 Å². The molecule has 1 N–H and O–H groups in total. The largest absolute Gasteiger partial charge is 0.494 e. The summed E-state index contributed by atoms with van der Waals surface area (Å²) >= 11 is 6.51. The van der Waals surface area contributed by atoms with E-state index in [1.807, 2.05) is 19.9 Å². The number of fused-ring (bicyclic) bond motifs is 1. The fourth-order valence-electron chi connectivity index (χ4n) is 3.77. The summed E-state index contributed by atoms with van der Waals surface area (Å²) in [6.07, 6.45) is 0.761. The summed E-state index contributed by atoms with van der Waals surface area (Å²) in [5.41, 5.74) is 2.13. The Morgan fingerprint density at radius 2 is 1.76 bits per heavy atom. The first-order valence-electron chi connectivity index (χ1n) is 10.7. The number of benzene rings is 2. The number of amides is 3. The zero-order valence-corrected chi connectivity index (χ0v) is 19.9. The predicted molar refractivity (Wildman–Crippen MR) is 134 cm³/mol. The lowest BCUT2D eigenvalue weighted by atomic mass is 10.1. The summed E-state index contributed by atoms with van der Waals surface area (Å²) in [5.74, 6) is -0.271. The molecule has 170 valence electrons. The third kappa shape index (κ3) is 4.51. The number of hydrogen-bond donors (Lipinski definition) is 1. The van der Waals surface area contributed by atoms with Gasteiger partial charge < -0.3 is 10.1 Å². The molecule has 9 heteroatoms. The molecular formula is C24H23N3O4S2. The van der Waals surface area contributed by atoms with Crippen LogP contribution in [0.3, 0.4) is 0 Å². The number of anilines is 2. The van der Waals surface area contributed by atoms with Crippen molar-refractivity contribution in [3.63, 3.8) is 0 Å². The third-order valence-electron chi connectivity index (χ3n) is 5.20. The fourth-order valence-corrected chi connectivity index (χ4v) is 5.15. The van der Waals surface area contributed by atoms with Crippen LogP contribution in [-0.2, 0) is 14.4 Å². The number of ether oxygens (including phenoxy) is 1. The number of thiocarbonyl (C=S) groups is 1. The molecule has 2 heterocycles. The van der Waals surface area contributed by atoms with Gasteiger partial charge in [-0.05, 0) is 43.7 Å². The van der Waals surface area contributed by atoms with E-state index in [0.29, 0.717) is 50.6 Å². The zero-order chi connectivity index (χ0) is 23.5. The van der Waals surface area contributed by atoms with E-state index < -0.39 is 0 Å². The number of hydrogen-bond acceptors (Lipinski definition) is 6. The summed E-state index contributed by atoms with van der Waals surface area (Å²) in [4.78, 5) is 42.4. The van der Waals surface area contributed by atoms with Crippen LogP contribution < -0.4 is 15.0 Å². The fraction of sp³-hybridized carbons (Fsp3) is 0.250. The van der Waals surface area contributed by atoms with Crippen LogP contribution >= 0.6 is 24.0 Å². The Balaban J connectivity index is 1.58. The summed E-state index contributed by atoms with van der Waals surface area (Å²) in [6, 6.07) is 14.2. The van der Waals surface area contributed by atoms with Crippen LogP contribution in [0.15, 0.2) is 53.4 Å². The molecule has 33 heavy (non-hydrogen) atoms. The van der Waals surface area contributed by atoms with Gasteiger partial charge >= 0.3 is 0 Å². The van der Waals surface area contributed by atoms with Crippen molar-refractivity contribution in [3.8, 4) is 5.75 Å². The molecule has 2 aliphatic rings. The van der Waals surface area contributed by atoms with Crippen molar-refractivity contribution in [2.45, 2.75) is 20.3 Å². The molecule has 7 nitrogen and oxygen atoms in total. The monoisotopic (exact) mass is 481 g/mol. The number of para-hydroxylation sites is 1. The average molecular weight is 482 g/mol. The van der Waals surface area contributed by atoms with Crippen molar-refractivity contribution < 1.29 is 19.1 Å². The number of carbonyl (C=O) groups excluding carboxylic acids is 3. The average Bonchev–Trinajstić information content (AvgIpc) is 3.23. The van der Waals surface area contributed by atoms with Crippen LogP contribution in [0.5, 0.6) is 5.75 Å². The zero-order valence-electron chi connectivity index (χ0n) is 18.3. The van der Waals surface area contributed by atoms with E-state index in [2.05, 4.69) is 5.32 Å². The summed E-state index contributed by atoms with van der Waals surface area (Å²) in [5, 5.41) is 2.81. The minimum atomic E-state index is -0.380. The van der Waals surface area contributed by atoms with Gasteiger partial charge in [0.25, 0.3) is 11.8 Å². The molecule has 0 bridgehead atoms. The first kappa shape index (κ1) is 23.0. The van der Waals surface area contributed by atoms with Gasteiger partial charge in [-0.2, -0.15) is 0 Å². The Hall–Kier alpha value is -3.17. The first-order valence-corrected chi connectivity index (χ1v) is 11.9. The van der Waals surface area contributed by atoms with Gasteiger partial charge in [0.2, 0.25) is 5.91 Å². The molecule has 4 rings (SSSR count). The van der Waals surface area contributed by atoms with Gasteiger partial charge in [0.05, 0.1) is 22.8 Å². The van der Waals surface area contributed by atoms with Crippen molar-refractivity contribution in [3.05, 3.63) is 59.0 Å². The molecule has 0 aromatic heterocycles. The van der Waals surface area contributed by atoms with Crippen LogP contribution in [0.25, 0.3) is 5.57 Å². The maximum absolute atomic E-state index is 13.4. The van der Waals surface area contributed by atoms with E-state index >= 15 is 0 Å². The van der Waals surface area contributed by atoms with Crippen molar-refractivity contribution in [2.24, 2.45) is 0 Å². The number of rotatable bonds is 7. The highest BCUT2D eigenvalue weighted by Gasteiger charge is 2.42. The third-order valence-corrected chi connectivity index (χ3v) is 6.65. The Morgan fingerprint density at radius 3 is 2.45 bits per heavy atom. The minimum Gasteiger partial charge on any atom is -0.494 e. The lowest BCUT2D eigenvalue weighted by Crippen LogP contribution is -2.35. The second kappa shape index (κ2) is 9.76. The van der Waals surface area contributed by atoms with Gasteiger partial charge in [-0.1, -0.05) is 49.1 Å².